The lowest BCUT2D eigenvalue weighted by Crippen LogP contribution is -2.54. The van der Waals surface area contributed by atoms with Gasteiger partial charge in [0, 0.05) is 87.3 Å². The van der Waals surface area contributed by atoms with Crippen LogP contribution in [0.4, 0.5) is 21.5 Å². The summed E-state index contributed by atoms with van der Waals surface area (Å²) in [7, 11) is -3.25. The average molecular weight is 975 g/mol. The standard InChI is InChI=1S/C52H63FN10O6S/c1-33(2)39-9-6-7-10-40(39)42-11-8-20-62(42)37-28-51(29-37)15-21-61(22-16-51)36-12-13-41(44(26-36)69-38-25-35-14-19-54-49(35)55-30-38)50(64)58-70(67,68)45-27-43(63(65)66)46(48-47(45)57-32-59(48)5)56-31-52(53)17-23-60(24-18-52)34(3)4/h6-7,9-10,12-14,19,25-27,30,32-34,37,42,56H,8,11,15-18,20-24,28-29,31H2,1-5H3,(H,54,55)(H,58,64). The molecule has 3 saturated heterocycles. The lowest BCUT2D eigenvalue weighted by molar-refractivity contribution is -0.384. The lowest BCUT2D eigenvalue weighted by Gasteiger charge is -2.56. The molecule has 70 heavy (non-hydrogen) atoms. The molecular weight excluding hydrogens is 912 g/mol. The number of halogens is 1. The molecule has 1 amide bonds. The number of fused-ring (bicyclic) bond motifs is 2. The first-order valence-corrected chi connectivity index (χ1v) is 26.2. The van der Waals surface area contributed by atoms with Gasteiger partial charge in [0.2, 0.25) is 0 Å². The highest BCUT2D eigenvalue weighted by Crippen LogP contribution is 2.54. The highest BCUT2D eigenvalue weighted by molar-refractivity contribution is 7.90. The Labute approximate surface area is 408 Å². The molecule has 3 aromatic carbocycles. The highest BCUT2D eigenvalue weighted by atomic mass is 32.2. The predicted molar refractivity (Wildman–Crippen MR) is 269 cm³/mol. The number of aromatic amines is 1. The Hall–Kier alpha value is -6.11. The molecule has 6 heterocycles. The maximum Gasteiger partial charge on any atom is 0.296 e. The van der Waals surface area contributed by atoms with E-state index in [1.807, 2.05) is 6.07 Å². The molecule has 16 nitrogen and oxygen atoms in total. The third-order valence-electron chi connectivity index (χ3n) is 15.7. The van der Waals surface area contributed by atoms with Crippen molar-refractivity contribution in [3.8, 4) is 11.5 Å². The van der Waals surface area contributed by atoms with E-state index in [2.05, 4.69) is 91.7 Å². The molecule has 3 aliphatic heterocycles. The number of carbonyl (C=O) groups excluding carboxylic acids is 1. The quantitative estimate of drug-likeness (QED) is 0.0695. The molecule has 4 aliphatic rings. The number of benzene rings is 3. The number of likely N-dealkylation sites (tertiary alicyclic amines) is 2. The van der Waals surface area contributed by atoms with E-state index in [1.54, 1.807) is 37.5 Å². The number of nitro groups is 1. The van der Waals surface area contributed by atoms with Gasteiger partial charge >= 0.3 is 0 Å². The number of amides is 1. The van der Waals surface area contributed by atoms with Crippen LogP contribution in [0.15, 0.2) is 84.3 Å². The number of nitrogens with zero attached hydrogens (tertiary/aromatic N) is 7. The number of ether oxygens (including phenoxy) is 1. The van der Waals surface area contributed by atoms with Gasteiger partial charge in [-0.2, -0.15) is 0 Å². The van der Waals surface area contributed by atoms with Crippen LogP contribution < -0.4 is 19.7 Å². The first kappa shape index (κ1) is 47.6. The number of aromatic nitrogens is 4. The fourth-order valence-corrected chi connectivity index (χ4v) is 12.9. The van der Waals surface area contributed by atoms with Gasteiger partial charge in [-0.05, 0) is 118 Å². The van der Waals surface area contributed by atoms with Crippen molar-refractivity contribution >= 4 is 55.1 Å². The topological polar surface area (TPSA) is 184 Å². The number of nitro benzene ring substituents is 1. The van der Waals surface area contributed by atoms with Gasteiger partial charge in [-0.1, -0.05) is 38.1 Å². The molecule has 1 atom stereocenters. The van der Waals surface area contributed by atoms with Crippen molar-refractivity contribution in [3.63, 3.8) is 0 Å². The van der Waals surface area contributed by atoms with Crippen LogP contribution in [0.2, 0.25) is 0 Å². The van der Waals surface area contributed by atoms with Crippen LogP contribution in [0.5, 0.6) is 11.5 Å². The molecule has 4 fully saturated rings. The van der Waals surface area contributed by atoms with Crippen molar-refractivity contribution in [2.24, 2.45) is 12.5 Å². The number of aryl methyl sites for hydroxylation is 1. The highest BCUT2D eigenvalue weighted by Gasteiger charge is 2.50. The number of sulfonamides is 1. The Balaban J connectivity index is 0.880. The molecule has 0 radical (unpaired) electrons. The number of rotatable bonds is 14. The summed E-state index contributed by atoms with van der Waals surface area (Å²) in [5, 5.41) is 16.4. The first-order valence-electron chi connectivity index (χ1n) is 24.7. The van der Waals surface area contributed by atoms with Crippen LogP contribution in [0.25, 0.3) is 22.1 Å². The van der Waals surface area contributed by atoms with Gasteiger partial charge in [0.05, 0.1) is 28.5 Å². The van der Waals surface area contributed by atoms with E-state index < -0.39 is 37.1 Å². The summed E-state index contributed by atoms with van der Waals surface area (Å²) >= 11 is 0. The number of H-pyrrole nitrogens is 1. The van der Waals surface area contributed by atoms with E-state index in [-0.39, 0.29) is 58.9 Å². The van der Waals surface area contributed by atoms with Gasteiger partial charge in [-0.3, -0.25) is 19.8 Å². The molecule has 3 aromatic heterocycles. The second kappa shape index (κ2) is 18.6. The number of hydrogen-bond acceptors (Lipinski definition) is 12. The van der Waals surface area contributed by atoms with E-state index in [1.165, 1.54) is 53.9 Å². The number of imidazole rings is 1. The second-order valence-corrected chi connectivity index (χ2v) is 22.4. The Morgan fingerprint density at radius 2 is 1.74 bits per heavy atom. The predicted octanol–water partition coefficient (Wildman–Crippen LogP) is 9.60. The molecule has 370 valence electrons. The lowest BCUT2D eigenvalue weighted by atomic mass is 9.59. The Morgan fingerprint density at radius 3 is 2.47 bits per heavy atom. The summed E-state index contributed by atoms with van der Waals surface area (Å²) in [5.74, 6) is -0.0755. The Morgan fingerprint density at radius 1 is 0.986 bits per heavy atom. The number of pyridine rings is 1. The van der Waals surface area contributed by atoms with Gasteiger partial charge in [0.1, 0.15) is 38.9 Å². The number of nitrogens with one attached hydrogen (secondary N) is 3. The number of hydrogen-bond donors (Lipinski definition) is 3. The van der Waals surface area contributed by atoms with Crippen molar-refractivity contribution in [3.05, 3.63) is 106 Å². The fourth-order valence-electron chi connectivity index (χ4n) is 11.7. The molecule has 1 saturated carbocycles. The van der Waals surface area contributed by atoms with Crippen LogP contribution in [0.1, 0.15) is 113 Å². The summed E-state index contributed by atoms with van der Waals surface area (Å²) in [6, 6.07) is 19.9. The van der Waals surface area contributed by atoms with Gasteiger partial charge in [0.15, 0.2) is 0 Å². The summed E-state index contributed by atoms with van der Waals surface area (Å²) in [6.07, 6.45) is 11.9. The van der Waals surface area contributed by atoms with Crippen LogP contribution in [-0.4, -0.2) is 106 Å². The molecule has 3 N–H and O–H groups in total. The normalized spacial score (nSPS) is 19.9. The molecule has 1 unspecified atom stereocenters. The zero-order valence-electron chi connectivity index (χ0n) is 40.6. The maximum absolute atomic E-state index is 16.1. The van der Waals surface area contributed by atoms with E-state index in [0.29, 0.717) is 42.5 Å². The maximum atomic E-state index is 16.1. The number of piperidine rings is 2. The molecule has 10 rings (SSSR count). The summed E-state index contributed by atoms with van der Waals surface area (Å²) < 4.78 is 54.8. The van der Waals surface area contributed by atoms with Crippen LogP contribution in [0, 0.1) is 15.5 Å². The van der Waals surface area contributed by atoms with Crippen molar-refractivity contribution < 1.29 is 27.3 Å². The van der Waals surface area contributed by atoms with Gasteiger partial charge < -0.3 is 29.4 Å². The third-order valence-corrected chi connectivity index (χ3v) is 17.1. The van der Waals surface area contributed by atoms with Gasteiger partial charge in [-0.15, -0.1) is 0 Å². The van der Waals surface area contributed by atoms with Gasteiger partial charge in [0.25, 0.3) is 21.6 Å². The largest absolute Gasteiger partial charge is 0.455 e. The van der Waals surface area contributed by atoms with E-state index in [9.17, 15) is 23.3 Å². The number of carbonyl (C=O) groups is 1. The minimum absolute atomic E-state index is 0.0582. The molecule has 1 aliphatic carbocycles. The fraction of sp³-hybridized carbons (Fsp3) is 0.481. The third kappa shape index (κ3) is 9.09. The zero-order chi connectivity index (χ0) is 49.1. The summed E-state index contributed by atoms with van der Waals surface area (Å²) in [4.78, 5) is 44.8. The van der Waals surface area contributed by atoms with Gasteiger partial charge in [-0.25, -0.2) is 27.5 Å². The van der Waals surface area contributed by atoms with Crippen LogP contribution >= 0.6 is 0 Å². The number of anilines is 2. The van der Waals surface area contributed by atoms with Crippen molar-refractivity contribution in [1.29, 1.82) is 0 Å². The molecule has 1 spiro atoms. The number of alkyl halides is 1. The van der Waals surface area contributed by atoms with E-state index in [4.69, 9.17) is 4.74 Å². The van der Waals surface area contributed by atoms with Crippen LogP contribution in [-0.2, 0) is 17.1 Å². The minimum Gasteiger partial charge on any atom is -0.455 e. The van der Waals surface area contributed by atoms with Crippen molar-refractivity contribution in [2.75, 3.05) is 49.5 Å². The SMILES string of the molecule is CC(C)c1ccccc1C1CCCN1C1CC2(CCN(c3ccc(C(=O)NS(=O)(=O)c4cc([N+](=O)[O-])c(NCC5(F)CCN(C(C)C)CC5)c5c4ncn5C)c(Oc4cnc5[nH]ccc5c4)c3)CC2)C1. The van der Waals surface area contributed by atoms with Crippen molar-refractivity contribution in [2.45, 2.75) is 114 Å². The first-order chi connectivity index (χ1) is 33.5. The van der Waals surface area contributed by atoms with Crippen LogP contribution in [0.3, 0.4) is 0 Å². The zero-order valence-corrected chi connectivity index (χ0v) is 41.4. The second-order valence-electron chi connectivity index (χ2n) is 20.7. The van der Waals surface area contributed by atoms with Crippen molar-refractivity contribution in [1.82, 2.24) is 34.0 Å². The van der Waals surface area contributed by atoms with E-state index >= 15 is 4.39 Å². The molecule has 0 bridgehead atoms. The molecule has 6 aromatic rings. The Bertz CT molecular complexity index is 3060. The monoisotopic (exact) mass is 974 g/mol. The van der Waals surface area contributed by atoms with E-state index in [0.717, 1.165) is 49.6 Å². The summed E-state index contributed by atoms with van der Waals surface area (Å²) in [5.41, 5.74) is 2.30. The smallest absolute Gasteiger partial charge is 0.296 e. The molecule has 18 heteroatoms. The average Bonchev–Trinajstić information content (AvgIpc) is 4.10. The Kier molecular flexibility index (Phi) is 12.6. The molecular formula is C52H63FN10O6S. The summed E-state index contributed by atoms with van der Waals surface area (Å²) in [6.45, 7) is 12.3. The minimum atomic E-state index is -4.82.